The van der Waals surface area contributed by atoms with Gasteiger partial charge in [0.25, 0.3) is 0 Å². The molecule has 0 heterocycles. The van der Waals surface area contributed by atoms with Gasteiger partial charge < -0.3 is 25.1 Å². The second-order valence-electron chi connectivity index (χ2n) is 9.69. The highest BCUT2D eigenvalue weighted by molar-refractivity contribution is 5.81. The van der Waals surface area contributed by atoms with Crippen LogP contribution in [0.1, 0.15) is 63.4 Å². The summed E-state index contributed by atoms with van der Waals surface area (Å²) in [4.78, 5) is 34.3. The quantitative estimate of drug-likeness (QED) is 0.185. The lowest BCUT2D eigenvalue weighted by atomic mass is 10.0. The zero-order valence-corrected chi connectivity index (χ0v) is 22.7. The SMILES string of the molecule is N[C@@H](CCC[C@H](CCCO)OC(=O)CCC1=C(OCc2cccc(Oc3ccccc3)c2)CCC=C1)C(=O)N=O. The van der Waals surface area contributed by atoms with Gasteiger partial charge in [0.05, 0.1) is 11.8 Å². The molecular weight excluding hydrogens is 512 g/mol. The predicted molar refractivity (Wildman–Crippen MR) is 151 cm³/mol. The van der Waals surface area contributed by atoms with Crippen molar-refractivity contribution in [3.63, 3.8) is 0 Å². The Kier molecular flexibility index (Phi) is 13.0. The number of nitrogens with zero attached hydrogens (tertiary/aromatic N) is 1. The molecule has 9 nitrogen and oxygen atoms in total. The average Bonchev–Trinajstić information content (AvgIpc) is 2.98. The Labute approximate surface area is 235 Å². The molecule has 214 valence electrons. The molecule has 0 fully saturated rings. The van der Waals surface area contributed by atoms with Gasteiger partial charge in [-0.05, 0) is 80.3 Å². The number of para-hydroxylation sites is 1. The third-order valence-corrected chi connectivity index (χ3v) is 6.53. The summed E-state index contributed by atoms with van der Waals surface area (Å²) in [6.45, 7) is 0.372. The molecular formula is C31H38N2O7. The number of aliphatic hydroxyl groups is 1. The summed E-state index contributed by atoms with van der Waals surface area (Å²) < 4.78 is 17.8. The Morgan fingerprint density at radius 2 is 1.77 bits per heavy atom. The van der Waals surface area contributed by atoms with Crippen LogP contribution in [0.15, 0.2) is 83.3 Å². The van der Waals surface area contributed by atoms with E-state index in [2.05, 4.69) is 11.3 Å². The number of allylic oxidation sites excluding steroid dienone is 4. The molecule has 40 heavy (non-hydrogen) atoms. The van der Waals surface area contributed by atoms with Crippen LogP contribution in [0.5, 0.6) is 11.5 Å². The van der Waals surface area contributed by atoms with Crippen molar-refractivity contribution in [2.45, 2.75) is 76.5 Å². The zero-order valence-electron chi connectivity index (χ0n) is 22.7. The molecule has 0 unspecified atom stereocenters. The van der Waals surface area contributed by atoms with Crippen LogP contribution < -0.4 is 10.5 Å². The van der Waals surface area contributed by atoms with E-state index in [9.17, 15) is 19.6 Å². The maximum absolute atomic E-state index is 12.7. The van der Waals surface area contributed by atoms with Crippen molar-refractivity contribution >= 4 is 11.9 Å². The molecule has 1 aliphatic rings. The summed E-state index contributed by atoms with van der Waals surface area (Å²) in [6, 6.07) is 16.4. The minimum atomic E-state index is -0.950. The van der Waals surface area contributed by atoms with Crippen molar-refractivity contribution in [3.05, 3.63) is 88.6 Å². The van der Waals surface area contributed by atoms with Crippen LogP contribution in [0.3, 0.4) is 0 Å². The number of hydrogen-bond acceptors (Lipinski definition) is 8. The van der Waals surface area contributed by atoms with Gasteiger partial charge in [0.1, 0.15) is 24.2 Å². The van der Waals surface area contributed by atoms with Crippen LogP contribution >= 0.6 is 0 Å². The molecule has 0 aromatic heterocycles. The van der Waals surface area contributed by atoms with Gasteiger partial charge in [-0.2, -0.15) is 0 Å². The largest absolute Gasteiger partial charge is 0.493 e. The Morgan fingerprint density at radius 3 is 2.55 bits per heavy atom. The number of carbonyl (C=O) groups is 2. The first-order chi connectivity index (χ1) is 19.5. The van der Waals surface area contributed by atoms with E-state index in [-0.39, 0.29) is 25.4 Å². The van der Waals surface area contributed by atoms with Gasteiger partial charge in [-0.15, -0.1) is 4.91 Å². The Balaban J connectivity index is 1.51. The third-order valence-electron chi connectivity index (χ3n) is 6.53. The molecule has 0 aliphatic heterocycles. The van der Waals surface area contributed by atoms with E-state index in [0.717, 1.165) is 41.2 Å². The van der Waals surface area contributed by atoms with E-state index in [1.807, 2.05) is 60.7 Å². The first-order valence-corrected chi connectivity index (χ1v) is 13.7. The predicted octanol–water partition coefficient (Wildman–Crippen LogP) is 5.85. The summed E-state index contributed by atoms with van der Waals surface area (Å²) in [5.74, 6) is 1.14. The van der Waals surface area contributed by atoms with Crippen molar-refractivity contribution in [1.29, 1.82) is 0 Å². The van der Waals surface area contributed by atoms with Crippen molar-refractivity contribution in [3.8, 4) is 11.5 Å². The van der Waals surface area contributed by atoms with Crippen molar-refractivity contribution in [2.24, 2.45) is 10.9 Å². The van der Waals surface area contributed by atoms with Gasteiger partial charge in [-0.25, -0.2) is 0 Å². The number of rotatable bonds is 17. The normalized spacial score (nSPS) is 14.3. The number of ether oxygens (including phenoxy) is 3. The molecule has 3 rings (SSSR count). The van der Waals surface area contributed by atoms with Crippen LogP contribution in [0.4, 0.5) is 0 Å². The fourth-order valence-electron chi connectivity index (χ4n) is 4.39. The Hall–Kier alpha value is -3.82. The van der Waals surface area contributed by atoms with Gasteiger partial charge >= 0.3 is 11.9 Å². The van der Waals surface area contributed by atoms with Crippen LogP contribution in [0.25, 0.3) is 0 Å². The van der Waals surface area contributed by atoms with Crippen molar-refractivity contribution < 1.29 is 28.9 Å². The number of nitrogens with two attached hydrogens (primary N) is 1. The second-order valence-corrected chi connectivity index (χ2v) is 9.69. The topological polar surface area (TPSA) is 138 Å². The lowest BCUT2D eigenvalue weighted by molar-refractivity contribution is -0.150. The minimum absolute atomic E-state index is 0.0131. The number of carbonyl (C=O) groups excluding carboxylic acids is 2. The summed E-state index contributed by atoms with van der Waals surface area (Å²) >= 11 is 0. The number of hydrogen-bond donors (Lipinski definition) is 2. The van der Waals surface area contributed by atoms with Crippen LogP contribution in [-0.4, -0.2) is 35.7 Å². The Bertz CT molecular complexity index is 1160. The van der Waals surface area contributed by atoms with Gasteiger partial charge in [0.15, 0.2) is 0 Å². The smallest absolute Gasteiger partial charge is 0.306 e. The minimum Gasteiger partial charge on any atom is -0.493 e. The third kappa shape index (κ3) is 10.7. The van der Waals surface area contributed by atoms with Crippen molar-refractivity contribution in [2.75, 3.05) is 6.61 Å². The highest BCUT2D eigenvalue weighted by atomic mass is 16.5. The fraction of sp³-hybridized carbons (Fsp3) is 0.419. The number of aliphatic hydroxyl groups excluding tert-OH is 1. The molecule has 0 bridgehead atoms. The van der Waals surface area contributed by atoms with E-state index in [0.29, 0.717) is 38.7 Å². The van der Waals surface area contributed by atoms with E-state index >= 15 is 0 Å². The van der Waals surface area contributed by atoms with E-state index in [4.69, 9.17) is 19.9 Å². The van der Waals surface area contributed by atoms with E-state index in [1.54, 1.807) is 0 Å². The molecule has 0 saturated heterocycles. The highest BCUT2D eigenvalue weighted by Gasteiger charge is 2.19. The molecule has 0 saturated carbocycles. The molecule has 2 atom stereocenters. The zero-order chi connectivity index (χ0) is 28.6. The molecule has 1 aliphatic carbocycles. The van der Waals surface area contributed by atoms with Crippen LogP contribution in [0, 0.1) is 4.91 Å². The molecule has 0 radical (unpaired) electrons. The molecule has 2 aromatic rings. The number of benzene rings is 2. The summed E-state index contributed by atoms with van der Waals surface area (Å²) in [7, 11) is 0. The first-order valence-electron chi connectivity index (χ1n) is 13.7. The standard InChI is InChI=1S/C31H38N2O7/c32-28(31(36)33-37)16-7-13-26(15-8-20-34)40-30(35)19-18-24-10-4-5-17-29(24)38-22-23-9-6-14-27(21-23)39-25-11-2-1-3-12-25/h1-4,6,9-12,14,21,26,28,34H,5,7-8,13,15-20,22,32H2/t26-,28+/m1/s1. The summed E-state index contributed by atoms with van der Waals surface area (Å²) in [5.41, 5.74) is 7.59. The van der Waals surface area contributed by atoms with Gasteiger partial charge in [-0.3, -0.25) is 9.59 Å². The summed E-state index contributed by atoms with van der Waals surface area (Å²) in [5, 5.41) is 11.5. The van der Waals surface area contributed by atoms with Gasteiger partial charge in [0, 0.05) is 24.6 Å². The average molecular weight is 551 g/mol. The molecule has 3 N–H and O–H groups in total. The number of esters is 1. The monoisotopic (exact) mass is 550 g/mol. The lowest BCUT2D eigenvalue weighted by Crippen LogP contribution is -2.29. The lowest BCUT2D eigenvalue weighted by Gasteiger charge is -2.20. The van der Waals surface area contributed by atoms with Gasteiger partial charge in [0.2, 0.25) is 0 Å². The summed E-state index contributed by atoms with van der Waals surface area (Å²) in [6.07, 6.45) is 8.22. The maximum Gasteiger partial charge on any atom is 0.306 e. The van der Waals surface area contributed by atoms with Crippen molar-refractivity contribution in [1.82, 2.24) is 0 Å². The van der Waals surface area contributed by atoms with Gasteiger partial charge in [-0.1, -0.05) is 42.5 Å². The number of amides is 1. The maximum atomic E-state index is 12.7. The molecule has 9 heteroatoms. The first kappa shape index (κ1) is 30.7. The molecule has 1 amide bonds. The number of nitroso groups, excluding NO2 is 1. The molecule has 0 spiro atoms. The molecule has 2 aromatic carbocycles. The Morgan fingerprint density at radius 1 is 1.00 bits per heavy atom. The van der Waals surface area contributed by atoms with Crippen LogP contribution in [0.2, 0.25) is 0 Å². The van der Waals surface area contributed by atoms with E-state index < -0.39 is 18.1 Å². The van der Waals surface area contributed by atoms with E-state index in [1.165, 1.54) is 0 Å². The highest BCUT2D eigenvalue weighted by Crippen LogP contribution is 2.27. The second kappa shape index (κ2) is 17.0. The fourth-order valence-corrected chi connectivity index (χ4v) is 4.39. The van der Waals surface area contributed by atoms with Crippen LogP contribution in [-0.2, 0) is 25.7 Å².